The van der Waals surface area contributed by atoms with Gasteiger partial charge in [-0.25, -0.2) is 12.7 Å². The second-order valence-electron chi connectivity index (χ2n) is 8.16. The van der Waals surface area contributed by atoms with Crippen LogP contribution in [0.2, 0.25) is 0 Å². The molecule has 162 valence electrons. The molecule has 0 spiro atoms. The number of piperidine rings is 1. The molecule has 30 heavy (non-hydrogen) atoms. The average Bonchev–Trinajstić information content (AvgIpc) is 3.26. The number of fused-ring (bicyclic) bond motifs is 1. The van der Waals surface area contributed by atoms with E-state index >= 15 is 0 Å². The molecule has 1 atom stereocenters. The van der Waals surface area contributed by atoms with Gasteiger partial charge in [0.2, 0.25) is 15.9 Å². The van der Waals surface area contributed by atoms with Gasteiger partial charge in [-0.3, -0.25) is 9.69 Å². The van der Waals surface area contributed by atoms with Crippen LogP contribution in [0.4, 0.5) is 0 Å². The third-order valence-corrected chi connectivity index (χ3v) is 7.54. The van der Waals surface area contributed by atoms with Crippen LogP contribution < -0.4 is 5.32 Å². The Hall–Kier alpha value is -2.16. The van der Waals surface area contributed by atoms with Crippen LogP contribution in [0.25, 0.3) is 0 Å². The van der Waals surface area contributed by atoms with E-state index in [1.165, 1.54) is 17.4 Å². The molecule has 2 aliphatic rings. The summed E-state index contributed by atoms with van der Waals surface area (Å²) in [7, 11) is -3.15. The summed E-state index contributed by atoms with van der Waals surface area (Å²) in [5.41, 5.74) is 2.51. The van der Waals surface area contributed by atoms with E-state index in [4.69, 9.17) is 4.42 Å². The quantitative estimate of drug-likeness (QED) is 0.759. The predicted molar refractivity (Wildman–Crippen MR) is 114 cm³/mol. The van der Waals surface area contributed by atoms with Gasteiger partial charge in [0.25, 0.3) is 0 Å². The minimum Gasteiger partial charge on any atom is -0.467 e. The second kappa shape index (κ2) is 8.91. The molecular weight excluding hydrogens is 402 g/mol. The first-order valence-electron chi connectivity index (χ1n) is 10.5. The smallest absolute Gasteiger partial charge is 0.222 e. The molecule has 0 bridgehead atoms. The SMILES string of the molecule is CS(=O)(=O)N1CCC(N2CCc3ccccc3C2CC(=O)NCc2ccco2)CC1. The molecule has 1 saturated heterocycles. The van der Waals surface area contributed by atoms with Crippen molar-refractivity contribution in [1.29, 1.82) is 0 Å². The maximum atomic E-state index is 12.8. The van der Waals surface area contributed by atoms with E-state index in [0.29, 0.717) is 26.1 Å². The molecule has 2 aliphatic heterocycles. The molecule has 1 aromatic carbocycles. The van der Waals surface area contributed by atoms with Crippen LogP contribution in [0, 0.1) is 0 Å². The number of hydrogen-bond donors (Lipinski definition) is 1. The fraction of sp³-hybridized carbons (Fsp3) is 0.500. The van der Waals surface area contributed by atoms with Crippen molar-refractivity contribution in [1.82, 2.24) is 14.5 Å². The van der Waals surface area contributed by atoms with E-state index in [1.54, 1.807) is 10.6 Å². The zero-order chi connectivity index (χ0) is 21.1. The van der Waals surface area contributed by atoms with Crippen molar-refractivity contribution < 1.29 is 17.6 Å². The summed E-state index contributed by atoms with van der Waals surface area (Å²) in [5, 5.41) is 2.97. The first-order valence-corrected chi connectivity index (χ1v) is 12.3. The number of nitrogens with zero attached hydrogens (tertiary/aromatic N) is 2. The van der Waals surface area contributed by atoms with Crippen molar-refractivity contribution in [2.45, 2.75) is 44.3 Å². The number of amides is 1. The minimum absolute atomic E-state index is 0.00124. The fourth-order valence-corrected chi connectivity index (χ4v) is 5.56. The summed E-state index contributed by atoms with van der Waals surface area (Å²) in [5.74, 6) is 0.726. The highest BCUT2D eigenvalue weighted by atomic mass is 32.2. The number of carbonyl (C=O) groups excluding carboxylic acids is 1. The highest BCUT2D eigenvalue weighted by Crippen LogP contribution is 2.36. The summed E-state index contributed by atoms with van der Waals surface area (Å²) >= 11 is 0. The summed E-state index contributed by atoms with van der Waals surface area (Å²) in [4.78, 5) is 15.2. The summed E-state index contributed by atoms with van der Waals surface area (Å²) in [6, 6.07) is 12.3. The molecule has 1 fully saturated rings. The Kier molecular flexibility index (Phi) is 6.26. The first-order chi connectivity index (χ1) is 14.4. The Morgan fingerprint density at radius 1 is 1.13 bits per heavy atom. The Morgan fingerprint density at radius 3 is 2.60 bits per heavy atom. The van der Waals surface area contributed by atoms with E-state index in [0.717, 1.165) is 31.6 Å². The number of benzene rings is 1. The third-order valence-electron chi connectivity index (χ3n) is 6.23. The number of carbonyl (C=O) groups is 1. The van der Waals surface area contributed by atoms with E-state index in [-0.39, 0.29) is 18.0 Å². The number of furan rings is 1. The molecule has 3 heterocycles. The Morgan fingerprint density at radius 2 is 1.90 bits per heavy atom. The lowest BCUT2D eigenvalue weighted by atomic mass is 9.88. The Balaban J connectivity index is 1.47. The molecule has 7 nitrogen and oxygen atoms in total. The third kappa shape index (κ3) is 4.77. The van der Waals surface area contributed by atoms with Gasteiger partial charge in [-0.1, -0.05) is 24.3 Å². The highest BCUT2D eigenvalue weighted by molar-refractivity contribution is 7.88. The van der Waals surface area contributed by atoms with Gasteiger partial charge in [-0.05, 0) is 42.5 Å². The summed E-state index contributed by atoms with van der Waals surface area (Å²) in [6.07, 6.45) is 5.79. The molecule has 1 N–H and O–H groups in total. The lowest BCUT2D eigenvalue weighted by Crippen LogP contribution is -2.50. The van der Waals surface area contributed by atoms with Gasteiger partial charge in [-0.2, -0.15) is 0 Å². The number of nitrogens with one attached hydrogen (secondary N) is 1. The number of sulfonamides is 1. The van der Waals surface area contributed by atoms with Gasteiger partial charge in [0.15, 0.2) is 0 Å². The number of rotatable bonds is 6. The van der Waals surface area contributed by atoms with Crippen LogP contribution in [0.3, 0.4) is 0 Å². The molecule has 0 radical (unpaired) electrons. The maximum Gasteiger partial charge on any atom is 0.222 e. The zero-order valence-corrected chi connectivity index (χ0v) is 18.1. The lowest BCUT2D eigenvalue weighted by molar-refractivity contribution is -0.123. The molecule has 2 aromatic rings. The predicted octanol–water partition coefficient (Wildman–Crippen LogP) is 2.31. The van der Waals surface area contributed by atoms with Gasteiger partial charge in [-0.15, -0.1) is 0 Å². The number of hydrogen-bond acceptors (Lipinski definition) is 5. The average molecular weight is 432 g/mol. The van der Waals surface area contributed by atoms with Crippen LogP contribution >= 0.6 is 0 Å². The van der Waals surface area contributed by atoms with Crippen molar-refractivity contribution in [2.24, 2.45) is 0 Å². The van der Waals surface area contributed by atoms with Crippen molar-refractivity contribution in [3.8, 4) is 0 Å². The maximum absolute atomic E-state index is 12.8. The Bertz CT molecular complexity index is 966. The molecule has 1 amide bonds. The molecule has 8 heteroatoms. The topological polar surface area (TPSA) is 82.9 Å². The van der Waals surface area contributed by atoms with Crippen molar-refractivity contribution in [2.75, 3.05) is 25.9 Å². The molecule has 0 aliphatic carbocycles. The van der Waals surface area contributed by atoms with Gasteiger partial charge in [0.05, 0.1) is 19.1 Å². The first kappa shape index (κ1) is 21.1. The van der Waals surface area contributed by atoms with Crippen LogP contribution in [0.15, 0.2) is 47.1 Å². The zero-order valence-electron chi connectivity index (χ0n) is 17.3. The summed E-state index contributed by atoms with van der Waals surface area (Å²) in [6.45, 7) is 2.35. The van der Waals surface area contributed by atoms with E-state index < -0.39 is 10.0 Å². The monoisotopic (exact) mass is 431 g/mol. The van der Waals surface area contributed by atoms with Gasteiger partial charge in [0.1, 0.15) is 5.76 Å². The van der Waals surface area contributed by atoms with Crippen molar-refractivity contribution in [3.05, 3.63) is 59.5 Å². The standard InChI is InChI=1S/C22H29N3O4S/c1-30(27,28)24-11-9-18(10-12-24)25-13-8-17-5-2-3-7-20(17)21(25)15-22(26)23-16-19-6-4-14-29-19/h2-7,14,18,21H,8-13,15-16H2,1H3,(H,23,26). The van der Waals surface area contributed by atoms with Crippen LogP contribution in [0.5, 0.6) is 0 Å². The van der Waals surface area contributed by atoms with Crippen LogP contribution in [0.1, 0.15) is 42.2 Å². The van der Waals surface area contributed by atoms with E-state index in [9.17, 15) is 13.2 Å². The minimum atomic E-state index is -3.15. The Labute approximate surface area is 178 Å². The lowest BCUT2D eigenvalue weighted by Gasteiger charge is -2.44. The molecule has 0 saturated carbocycles. The second-order valence-corrected chi connectivity index (χ2v) is 10.1. The molecular formula is C22H29N3O4S. The normalized spacial score (nSPS) is 21.3. The largest absolute Gasteiger partial charge is 0.467 e. The van der Waals surface area contributed by atoms with Gasteiger partial charge >= 0.3 is 0 Å². The van der Waals surface area contributed by atoms with Crippen molar-refractivity contribution >= 4 is 15.9 Å². The van der Waals surface area contributed by atoms with E-state index in [1.807, 2.05) is 24.3 Å². The summed E-state index contributed by atoms with van der Waals surface area (Å²) < 4.78 is 30.6. The van der Waals surface area contributed by atoms with Gasteiger partial charge < -0.3 is 9.73 Å². The van der Waals surface area contributed by atoms with Crippen LogP contribution in [-0.4, -0.2) is 55.5 Å². The highest BCUT2D eigenvalue weighted by Gasteiger charge is 2.36. The fourth-order valence-electron chi connectivity index (χ4n) is 4.69. The van der Waals surface area contributed by atoms with Crippen molar-refractivity contribution in [3.63, 3.8) is 0 Å². The molecule has 1 aromatic heterocycles. The molecule has 1 unspecified atom stereocenters. The van der Waals surface area contributed by atoms with Gasteiger partial charge in [0, 0.05) is 38.1 Å². The molecule has 4 rings (SSSR count). The van der Waals surface area contributed by atoms with E-state index in [2.05, 4.69) is 22.3 Å². The van der Waals surface area contributed by atoms with Crippen LogP contribution in [-0.2, 0) is 27.8 Å².